The number of carbonyl (C=O) groups excluding carboxylic acids is 2. The summed E-state index contributed by atoms with van der Waals surface area (Å²) in [4.78, 5) is 23.2. The Morgan fingerprint density at radius 1 is 1.46 bits per heavy atom. The number of rotatable bonds is 5. The molecule has 2 rings (SSSR count). The molecule has 1 heterocycles. The quantitative estimate of drug-likeness (QED) is 0.642. The molecule has 8 nitrogen and oxygen atoms in total. The molecule has 1 aromatic rings. The second kappa shape index (κ2) is 6.80. The summed E-state index contributed by atoms with van der Waals surface area (Å²) in [6.07, 6.45) is 5.50. The summed E-state index contributed by atoms with van der Waals surface area (Å²) in [6.45, 7) is 6.30. The van der Waals surface area contributed by atoms with E-state index in [0.717, 1.165) is 19.3 Å². The van der Waals surface area contributed by atoms with Crippen LogP contribution in [0.5, 0.6) is 0 Å². The standard InChI is InChI=1S/C16H27N5O3/c1-11-4-15(2,3)9-16(5-11,10-22)20-14(24)19-12-6-18-21(7-12)8-13(17)23/h6-7,11,22H,4-5,8-10H2,1-3H3,(H2,17,23)(H2,19,20,24)/t11-,16+/m1/s1. The number of amides is 3. The summed E-state index contributed by atoms with van der Waals surface area (Å²) in [5, 5.41) is 19.5. The summed E-state index contributed by atoms with van der Waals surface area (Å²) in [6, 6.07) is -0.396. The zero-order valence-electron chi connectivity index (χ0n) is 14.5. The molecule has 1 fully saturated rings. The van der Waals surface area contributed by atoms with Gasteiger partial charge < -0.3 is 21.5 Å². The number of hydrogen-bond donors (Lipinski definition) is 4. The molecule has 0 aromatic carbocycles. The van der Waals surface area contributed by atoms with Crippen LogP contribution >= 0.6 is 0 Å². The largest absolute Gasteiger partial charge is 0.394 e. The van der Waals surface area contributed by atoms with Gasteiger partial charge in [-0.2, -0.15) is 5.10 Å². The second-order valence-corrected chi connectivity index (χ2v) is 7.76. The van der Waals surface area contributed by atoms with Crippen molar-refractivity contribution in [3.05, 3.63) is 12.4 Å². The lowest BCUT2D eigenvalue weighted by atomic mass is 9.64. The molecule has 2 atom stereocenters. The lowest BCUT2D eigenvalue weighted by Crippen LogP contribution is -2.58. The Hall–Kier alpha value is -2.09. The van der Waals surface area contributed by atoms with Crippen molar-refractivity contribution in [1.29, 1.82) is 0 Å². The van der Waals surface area contributed by atoms with Crippen molar-refractivity contribution in [2.75, 3.05) is 11.9 Å². The highest BCUT2D eigenvalue weighted by Crippen LogP contribution is 2.43. The Morgan fingerprint density at radius 2 is 2.17 bits per heavy atom. The molecule has 8 heteroatoms. The minimum absolute atomic E-state index is 0.0461. The molecule has 5 N–H and O–H groups in total. The van der Waals surface area contributed by atoms with E-state index in [1.54, 1.807) is 0 Å². The van der Waals surface area contributed by atoms with Gasteiger partial charge in [-0.1, -0.05) is 20.8 Å². The maximum absolute atomic E-state index is 12.3. The number of hydrogen-bond acceptors (Lipinski definition) is 4. The minimum atomic E-state index is -0.630. The van der Waals surface area contributed by atoms with Crippen LogP contribution in [0.15, 0.2) is 12.4 Å². The number of aliphatic hydroxyl groups excluding tert-OH is 1. The highest BCUT2D eigenvalue weighted by Gasteiger charge is 2.43. The molecule has 0 spiro atoms. The van der Waals surface area contributed by atoms with Crippen LogP contribution in [0.1, 0.15) is 40.0 Å². The fraction of sp³-hybridized carbons (Fsp3) is 0.688. The van der Waals surface area contributed by atoms with Crippen molar-refractivity contribution >= 4 is 17.6 Å². The molecule has 0 radical (unpaired) electrons. The van der Waals surface area contributed by atoms with Crippen molar-refractivity contribution in [3.8, 4) is 0 Å². The molecule has 1 aliphatic rings. The van der Waals surface area contributed by atoms with Crippen molar-refractivity contribution in [2.24, 2.45) is 17.1 Å². The molecule has 1 saturated carbocycles. The first kappa shape index (κ1) is 18.3. The van der Waals surface area contributed by atoms with Gasteiger partial charge in [-0.05, 0) is 30.6 Å². The fourth-order valence-corrected chi connectivity index (χ4v) is 4.08. The van der Waals surface area contributed by atoms with Gasteiger partial charge in [-0.15, -0.1) is 0 Å². The highest BCUT2D eigenvalue weighted by atomic mass is 16.3. The van der Waals surface area contributed by atoms with Gasteiger partial charge in [0, 0.05) is 6.20 Å². The van der Waals surface area contributed by atoms with E-state index in [9.17, 15) is 14.7 Å². The van der Waals surface area contributed by atoms with Gasteiger partial charge in [0.1, 0.15) is 6.54 Å². The summed E-state index contributed by atoms with van der Waals surface area (Å²) in [7, 11) is 0. The molecule has 3 amide bonds. The van der Waals surface area contributed by atoms with Gasteiger partial charge in [-0.3, -0.25) is 9.48 Å². The number of aliphatic hydroxyl groups is 1. The number of nitrogens with two attached hydrogens (primary N) is 1. The topological polar surface area (TPSA) is 122 Å². The number of nitrogens with one attached hydrogen (secondary N) is 2. The van der Waals surface area contributed by atoms with Crippen LogP contribution in [-0.4, -0.2) is 39.0 Å². The van der Waals surface area contributed by atoms with Gasteiger partial charge in [0.15, 0.2) is 0 Å². The van der Waals surface area contributed by atoms with Crippen molar-refractivity contribution in [1.82, 2.24) is 15.1 Å². The lowest BCUT2D eigenvalue weighted by Gasteiger charge is -2.47. The molecule has 0 saturated heterocycles. The van der Waals surface area contributed by atoms with Crippen LogP contribution in [-0.2, 0) is 11.3 Å². The molecular weight excluding hydrogens is 310 g/mol. The minimum Gasteiger partial charge on any atom is -0.394 e. The number of primary amides is 1. The van der Waals surface area contributed by atoms with E-state index in [2.05, 4.69) is 36.5 Å². The Balaban J connectivity index is 2.01. The average Bonchev–Trinajstić information content (AvgIpc) is 2.82. The Bertz CT molecular complexity index is 613. The molecule has 0 aliphatic heterocycles. The van der Waals surface area contributed by atoms with Crippen LogP contribution in [0, 0.1) is 11.3 Å². The van der Waals surface area contributed by atoms with E-state index < -0.39 is 17.5 Å². The van der Waals surface area contributed by atoms with Crippen LogP contribution in [0.3, 0.4) is 0 Å². The Labute approximate surface area is 141 Å². The second-order valence-electron chi connectivity index (χ2n) is 7.76. The fourth-order valence-electron chi connectivity index (χ4n) is 4.08. The van der Waals surface area contributed by atoms with Crippen LogP contribution in [0.4, 0.5) is 10.5 Å². The van der Waals surface area contributed by atoms with Crippen LogP contribution < -0.4 is 16.4 Å². The predicted molar refractivity (Wildman–Crippen MR) is 90.2 cm³/mol. The summed E-state index contributed by atoms with van der Waals surface area (Å²) < 4.78 is 1.35. The zero-order valence-corrected chi connectivity index (χ0v) is 14.5. The first-order chi connectivity index (χ1) is 11.1. The summed E-state index contributed by atoms with van der Waals surface area (Å²) >= 11 is 0. The maximum atomic E-state index is 12.3. The van der Waals surface area contributed by atoms with Gasteiger partial charge in [0.05, 0.1) is 24.0 Å². The van der Waals surface area contributed by atoms with Crippen molar-refractivity contribution < 1.29 is 14.7 Å². The first-order valence-electron chi connectivity index (χ1n) is 8.14. The van der Waals surface area contributed by atoms with E-state index in [1.807, 2.05) is 0 Å². The van der Waals surface area contributed by atoms with Crippen LogP contribution in [0.25, 0.3) is 0 Å². The zero-order chi connectivity index (χ0) is 18.0. The number of aromatic nitrogens is 2. The maximum Gasteiger partial charge on any atom is 0.319 e. The Morgan fingerprint density at radius 3 is 2.75 bits per heavy atom. The molecular formula is C16H27N5O3. The van der Waals surface area contributed by atoms with E-state index in [4.69, 9.17) is 5.73 Å². The third-order valence-electron chi connectivity index (χ3n) is 4.35. The molecule has 0 bridgehead atoms. The third kappa shape index (κ3) is 4.70. The number of urea groups is 1. The van der Waals surface area contributed by atoms with Crippen molar-refractivity contribution in [2.45, 2.75) is 52.1 Å². The third-order valence-corrected chi connectivity index (χ3v) is 4.35. The first-order valence-corrected chi connectivity index (χ1v) is 8.14. The van der Waals surface area contributed by atoms with Crippen molar-refractivity contribution in [3.63, 3.8) is 0 Å². The van der Waals surface area contributed by atoms with E-state index >= 15 is 0 Å². The smallest absolute Gasteiger partial charge is 0.319 e. The van der Waals surface area contributed by atoms with E-state index in [-0.39, 0.29) is 18.6 Å². The van der Waals surface area contributed by atoms with Gasteiger partial charge in [0.2, 0.25) is 5.91 Å². The molecule has 1 aliphatic carbocycles. The summed E-state index contributed by atoms with van der Waals surface area (Å²) in [5.41, 5.74) is 4.99. The number of nitrogens with zero attached hydrogens (tertiary/aromatic N) is 2. The van der Waals surface area contributed by atoms with Crippen LogP contribution in [0.2, 0.25) is 0 Å². The van der Waals surface area contributed by atoms with E-state index in [1.165, 1.54) is 17.1 Å². The monoisotopic (exact) mass is 337 g/mol. The molecule has 1 aromatic heterocycles. The molecule has 24 heavy (non-hydrogen) atoms. The Kier molecular flexibility index (Phi) is 5.17. The normalized spacial score (nSPS) is 25.9. The number of carbonyl (C=O) groups is 2. The van der Waals surface area contributed by atoms with E-state index in [0.29, 0.717) is 11.6 Å². The van der Waals surface area contributed by atoms with Gasteiger partial charge in [0.25, 0.3) is 0 Å². The highest BCUT2D eigenvalue weighted by molar-refractivity contribution is 5.89. The molecule has 134 valence electrons. The molecule has 0 unspecified atom stereocenters. The van der Waals surface area contributed by atoms with Gasteiger partial charge >= 0.3 is 6.03 Å². The SMILES string of the molecule is C[C@@H]1CC(C)(C)C[C@@](CO)(NC(=O)Nc2cnn(CC(N)=O)c2)C1. The predicted octanol–water partition coefficient (Wildman–Crippen LogP) is 1.07. The lowest BCUT2D eigenvalue weighted by molar-refractivity contribution is -0.118. The average molecular weight is 337 g/mol. The number of anilines is 1. The van der Waals surface area contributed by atoms with Gasteiger partial charge in [-0.25, -0.2) is 4.79 Å². The summed E-state index contributed by atoms with van der Waals surface area (Å²) in [5.74, 6) is -0.0914.